The minimum absolute atomic E-state index is 0.149. The first-order valence-electron chi connectivity index (χ1n) is 14.2. The molecule has 7 heteroatoms. The number of aromatic amines is 1. The highest BCUT2D eigenvalue weighted by Gasteiger charge is 2.44. The Balaban J connectivity index is 1.31. The van der Waals surface area contributed by atoms with Crippen LogP contribution >= 0.6 is 0 Å². The molecular weight excluding hydrogens is 491 g/mol. The van der Waals surface area contributed by atoms with Crippen LogP contribution in [0, 0.1) is 12.7 Å². The van der Waals surface area contributed by atoms with Crippen LogP contribution in [-0.4, -0.2) is 64.4 Å². The van der Waals surface area contributed by atoms with Crippen molar-refractivity contribution >= 4 is 23.5 Å². The topological polar surface area (TPSA) is 68.4 Å². The largest absolute Gasteiger partial charge is 0.359 e. The van der Waals surface area contributed by atoms with Crippen LogP contribution in [-0.2, 0) is 16.0 Å². The van der Waals surface area contributed by atoms with Crippen molar-refractivity contribution in [3.63, 3.8) is 0 Å². The number of nitrogens with zero attached hydrogens (tertiary/aromatic N) is 2. The average Bonchev–Trinajstić information content (AvgIpc) is 3.68. The molecule has 2 amide bonds. The summed E-state index contributed by atoms with van der Waals surface area (Å²) in [5, 5.41) is 3.16. The van der Waals surface area contributed by atoms with Crippen LogP contribution in [0.25, 0.3) is 11.6 Å². The zero-order valence-corrected chi connectivity index (χ0v) is 22.9. The van der Waals surface area contributed by atoms with E-state index in [4.69, 9.17) is 0 Å². The summed E-state index contributed by atoms with van der Waals surface area (Å²) in [6, 6.07) is 8.81. The zero-order valence-electron chi connectivity index (χ0n) is 22.9. The van der Waals surface area contributed by atoms with Gasteiger partial charge in [0.2, 0.25) is 5.91 Å². The molecule has 2 N–H and O–H groups in total. The van der Waals surface area contributed by atoms with Crippen LogP contribution in [0.1, 0.15) is 61.5 Å². The number of likely N-dealkylation sites (tertiary alicyclic amines) is 2. The molecule has 1 aromatic carbocycles. The van der Waals surface area contributed by atoms with Crippen molar-refractivity contribution in [1.29, 1.82) is 0 Å². The number of halogens is 1. The molecule has 3 aliphatic heterocycles. The van der Waals surface area contributed by atoms with Gasteiger partial charge in [-0.25, -0.2) is 4.39 Å². The van der Waals surface area contributed by atoms with Crippen LogP contribution in [0.3, 0.4) is 0 Å². The molecule has 2 atom stereocenters. The van der Waals surface area contributed by atoms with E-state index in [1.54, 1.807) is 6.07 Å². The van der Waals surface area contributed by atoms with Crippen LogP contribution in [0.2, 0.25) is 0 Å². The molecule has 4 aliphatic rings. The highest BCUT2D eigenvalue weighted by Crippen LogP contribution is 2.43. The number of aromatic nitrogens is 1. The summed E-state index contributed by atoms with van der Waals surface area (Å²) in [4.78, 5) is 34.9. The van der Waals surface area contributed by atoms with E-state index < -0.39 is 5.54 Å². The number of rotatable bonds is 6. The second kappa shape index (κ2) is 10.3. The van der Waals surface area contributed by atoms with Crippen molar-refractivity contribution in [1.82, 2.24) is 20.1 Å². The maximum Gasteiger partial charge on any atom is 0.252 e. The van der Waals surface area contributed by atoms with E-state index in [1.807, 2.05) is 44.2 Å². The van der Waals surface area contributed by atoms with Gasteiger partial charge in [-0.2, -0.15) is 0 Å². The molecule has 0 spiro atoms. The Labute approximate surface area is 229 Å². The Kier molecular flexibility index (Phi) is 6.79. The fraction of sp³-hybridized carbons (Fsp3) is 0.438. The molecule has 204 valence electrons. The summed E-state index contributed by atoms with van der Waals surface area (Å²) in [6.07, 6.45) is 11.5. The first-order valence-corrected chi connectivity index (χ1v) is 14.2. The van der Waals surface area contributed by atoms with Gasteiger partial charge in [-0.15, -0.1) is 0 Å². The zero-order chi connectivity index (χ0) is 27.1. The maximum absolute atomic E-state index is 14.1. The van der Waals surface area contributed by atoms with Crippen LogP contribution in [0.5, 0.6) is 0 Å². The van der Waals surface area contributed by atoms with E-state index in [-0.39, 0.29) is 23.7 Å². The van der Waals surface area contributed by atoms with E-state index in [9.17, 15) is 14.0 Å². The number of amides is 2. The Bertz CT molecular complexity index is 1400. The highest BCUT2D eigenvalue weighted by atomic mass is 19.1. The van der Waals surface area contributed by atoms with Crippen molar-refractivity contribution in [3.05, 3.63) is 82.0 Å². The van der Waals surface area contributed by atoms with Gasteiger partial charge in [0.1, 0.15) is 5.82 Å². The summed E-state index contributed by atoms with van der Waals surface area (Å²) < 4.78 is 14.1. The SMILES string of the molecule is Cc1cc(CC(=O)N2CCC[C@H]2CN2CCCC2)c(/C=C2\C(=O)N[C@]3(C)CC=CC(c4cccc(F)c4)=C23)[nH]1. The normalized spacial score (nSPS) is 26.1. The Morgan fingerprint density at radius 1 is 1.18 bits per heavy atom. The summed E-state index contributed by atoms with van der Waals surface area (Å²) >= 11 is 0. The lowest BCUT2D eigenvalue weighted by molar-refractivity contribution is -0.131. The van der Waals surface area contributed by atoms with E-state index in [1.165, 1.54) is 25.0 Å². The minimum Gasteiger partial charge on any atom is -0.359 e. The molecular formula is C32H37FN4O2. The van der Waals surface area contributed by atoms with Crippen molar-refractivity contribution in [3.8, 4) is 0 Å². The van der Waals surface area contributed by atoms with Gasteiger partial charge in [0, 0.05) is 36.1 Å². The number of hydrogen-bond donors (Lipinski definition) is 2. The number of H-pyrrole nitrogens is 1. The molecule has 2 aromatic rings. The van der Waals surface area contributed by atoms with Gasteiger partial charge in [0.05, 0.1) is 12.0 Å². The molecule has 3 fully saturated rings. The summed E-state index contributed by atoms with van der Waals surface area (Å²) in [7, 11) is 0. The Morgan fingerprint density at radius 2 is 2.00 bits per heavy atom. The minimum atomic E-state index is -0.574. The molecule has 0 radical (unpaired) electrons. The van der Waals surface area contributed by atoms with Gasteiger partial charge >= 0.3 is 0 Å². The molecule has 4 heterocycles. The maximum atomic E-state index is 14.1. The average molecular weight is 529 g/mol. The van der Waals surface area contributed by atoms with Crippen molar-refractivity contribution in [2.45, 2.75) is 64.0 Å². The highest BCUT2D eigenvalue weighted by molar-refractivity contribution is 6.11. The quantitative estimate of drug-likeness (QED) is 0.531. The molecule has 39 heavy (non-hydrogen) atoms. The molecule has 0 bridgehead atoms. The number of carbonyl (C=O) groups is 2. The summed E-state index contributed by atoms with van der Waals surface area (Å²) in [5.41, 5.74) is 5.07. The molecule has 0 unspecified atom stereocenters. The van der Waals surface area contributed by atoms with E-state index in [0.29, 0.717) is 18.4 Å². The van der Waals surface area contributed by atoms with Gasteiger partial charge in [-0.1, -0.05) is 24.3 Å². The fourth-order valence-corrected chi connectivity index (χ4v) is 6.89. The van der Waals surface area contributed by atoms with Crippen molar-refractivity contribution in [2.24, 2.45) is 0 Å². The monoisotopic (exact) mass is 528 g/mol. The molecule has 6 nitrogen and oxygen atoms in total. The van der Waals surface area contributed by atoms with Crippen molar-refractivity contribution < 1.29 is 14.0 Å². The smallest absolute Gasteiger partial charge is 0.252 e. The Hall–Kier alpha value is -3.45. The fourth-order valence-electron chi connectivity index (χ4n) is 6.89. The third-order valence-corrected chi connectivity index (χ3v) is 8.73. The first kappa shape index (κ1) is 25.8. The lowest BCUT2D eigenvalue weighted by atomic mass is 9.78. The summed E-state index contributed by atoms with van der Waals surface area (Å²) in [5.74, 6) is -0.314. The lowest BCUT2D eigenvalue weighted by Crippen LogP contribution is -2.43. The van der Waals surface area contributed by atoms with E-state index in [0.717, 1.165) is 72.7 Å². The number of carbonyl (C=O) groups excluding carboxylic acids is 2. The molecule has 3 saturated heterocycles. The molecule has 1 aromatic heterocycles. The molecule has 6 rings (SSSR count). The molecule has 0 saturated carbocycles. The van der Waals surface area contributed by atoms with Gasteiger partial charge in [0.15, 0.2) is 0 Å². The third-order valence-electron chi connectivity index (χ3n) is 8.73. The number of allylic oxidation sites excluding steroid dienone is 2. The number of hydrogen-bond acceptors (Lipinski definition) is 3. The third kappa shape index (κ3) is 5.00. The Morgan fingerprint density at radius 3 is 2.79 bits per heavy atom. The van der Waals surface area contributed by atoms with Gasteiger partial charge in [0.25, 0.3) is 5.91 Å². The number of aryl methyl sites for hydroxylation is 1. The van der Waals surface area contributed by atoms with Gasteiger partial charge in [-0.3, -0.25) is 9.59 Å². The second-order valence-electron chi connectivity index (χ2n) is 11.7. The van der Waals surface area contributed by atoms with Gasteiger partial charge < -0.3 is 20.1 Å². The van der Waals surface area contributed by atoms with Crippen molar-refractivity contribution in [2.75, 3.05) is 26.2 Å². The predicted molar refractivity (Wildman–Crippen MR) is 151 cm³/mol. The summed E-state index contributed by atoms with van der Waals surface area (Å²) in [6.45, 7) is 8.05. The van der Waals surface area contributed by atoms with E-state index >= 15 is 0 Å². The van der Waals surface area contributed by atoms with Crippen LogP contribution in [0.4, 0.5) is 4.39 Å². The van der Waals surface area contributed by atoms with Crippen LogP contribution < -0.4 is 5.32 Å². The number of benzene rings is 1. The van der Waals surface area contributed by atoms with E-state index in [2.05, 4.69) is 20.1 Å². The van der Waals surface area contributed by atoms with Gasteiger partial charge in [-0.05, 0) is 106 Å². The number of nitrogens with one attached hydrogen (secondary N) is 2. The van der Waals surface area contributed by atoms with Crippen LogP contribution in [0.15, 0.2) is 53.6 Å². The second-order valence-corrected chi connectivity index (χ2v) is 11.7. The first-order chi connectivity index (χ1) is 18.8. The lowest BCUT2D eigenvalue weighted by Gasteiger charge is -2.29. The molecule has 1 aliphatic carbocycles. The predicted octanol–water partition coefficient (Wildman–Crippen LogP) is 4.78. The number of fused-ring (bicyclic) bond motifs is 1. The standard InChI is InChI=1S/C32H37FN4O2/c1-21-16-23(18-29(38)37-15-7-10-25(37)20-36-13-3-4-14-36)28(34-21)19-27-30-26(22-8-5-9-24(33)17-22)11-6-12-32(30,2)35-31(27)39/h5-6,8-9,11,16-17,19,25,34H,3-4,7,10,12-15,18,20H2,1-2H3,(H,35,39)/b27-19-/t25-,32+/m0/s1.